The fourth-order valence-corrected chi connectivity index (χ4v) is 2.37. The van der Waals surface area contributed by atoms with Crippen LogP contribution in [-0.2, 0) is 6.42 Å². The third kappa shape index (κ3) is 3.19. The minimum absolute atomic E-state index is 0.0747. The van der Waals surface area contributed by atoms with Crippen LogP contribution >= 0.6 is 15.9 Å². The minimum Gasteiger partial charge on any atom is -0.349 e. The zero-order valence-electron chi connectivity index (χ0n) is 12.0. The van der Waals surface area contributed by atoms with Crippen molar-refractivity contribution in [2.45, 2.75) is 13.3 Å². The number of likely N-dealkylation sites (N-methyl/N-ethyl adjacent to an activating group) is 1. The second-order valence-corrected chi connectivity index (χ2v) is 5.81. The summed E-state index contributed by atoms with van der Waals surface area (Å²) in [5, 5.41) is 2.95. The molecule has 1 N–H and O–H groups in total. The van der Waals surface area contributed by atoms with E-state index in [9.17, 15) is 4.79 Å². The van der Waals surface area contributed by atoms with Crippen LogP contribution in [0, 0.1) is 0 Å². The first-order chi connectivity index (χ1) is 9.52. The summed E-state index contributed by atoms with van der Waals surface area (Å²) in [6, 6.07) is 3.83. The zero-order valence-corrected chi connectivity index (χ0v) is 13.6. The van der Waals surface area contributed by atoms with Gasteiger partial charge >= 0.3 is 0 Å². The van der Waals surface area contributed by atoms with Crippen LogP contribution in [0.5, 0.6) is 0 Å². The number of aryl methyl sites for hydroxylation is 1. The van der Waals surface area contributed by atoms with Crippen LogP contribution in [0.2, 0.25) is 0 Å². The van der Waals surface area contributed by atoms with Gasteiger partial charge in [-0.25, -0.2) is 4.98 Å². The summed E-state index contributed by atoms with van der Waals surface area (Å²) in [6.45, 7) is 3.44. The molecular formula is C14H19BrN4O. The molecule has 1 amide bonds. The molecule has 2 heterocycles. The van der Waals surface area contributed by atoms with Crippen molar-refractivity contribution in [1.29, 1.82) is 0 Å². The molecular weight excluding hydrogens is 320 g/mol. The number of fused-ring (bicyclic) bond motifs is 1. The third-order valence-corrected chi connectivity index (χ3v) is 3.52. The number of hydrogen-bond acceptors (Lipinski definition) is 3. The van der Waals surface area contributed by atoms with Crippen molar-refractivity contribution in [3.05, 3.63) is 34.2 Å². The molecule has 2 rings (SSSR count). The average Bonchev–Trinajstić information content (AvgIpc) is 2.75. The molecule has 0 aliphatic carbocycles. The SMILES string of the molecule is CCc1nc2ccc(Br)cn2c1C(=O)NCCN(C)C. The van der Waals surface area contributed by atoms with E-state index in [-0.39, 0.29) is 5.91 Å². The first kappa shape index (κ1) is 15.0. The summed E-state index contributed by atoms with van der Waals surface area (Å²) in [6.07, 6.45) is 2.61. The highest BCUT2D eigenvalue weighted by Gasteiger charge is 2.17. The number of pyridine rings is 1. The van der Waals surface area contributed by atoms with Crippen molar-refractivity contribution < 1.29 is 4.79 Å². The number of nitrogens with zero attached hydrogens (tertiary/aromatic N) is 3. The first-order valence-electron chi connectivity index (χ1n) is 6.62. The van der Waals surface area contributed by atoms with Crippen molar-refractivity contribution in [2.75, 3.05) is 27.2 Å². The van der Waals surface area contributed by atoms with Gasteiger partial charge in [-0.05, 0) is 48.6 Å². The molecule has 2 aromatic rings. The van der Waals surface area contributed by atoms with Crippen molar-refractivity contribution in [3.8, 4) is 0 Å². The average molecular weight is 339 g/mol. The van der Waals surface area contributed by atoms with Gasteiger partial charge in [-0.3, -0.25) is 9.20 Å². The van der Waals surface area contributed by atoms with Crippen LogP contribution in [0.3, 0.4) is 0 Å². The highest BCUT2D eigenvalue weighted by molar-refractivity contribution is 9.10. The Morgan fingerprint density at radius 3 is 2.85 bits per heavy atom. The van der Waals surface area contributed by atoms with Gasteiger partial charge in [-0.15, -0.1) is 0 Å². The van der Waals surface area contributed by atoms with Gasteiger partial charge in [0.25, 0.3) is 5.91 Å². The Labute approximate surface area is 127 Å². The summed E-state index contributed by atoms with van der Waals surface area (Å²) in [5.41, 5.74) is 2.25. The Balaban J connectivity index is 2.31. The molecule has 5 nitrogen and oxygen atoms in total. The number of amides is 1. The summed E-state index contributed by atoms with van der Waals surface area (Å²) < 4.78 is 2.76. The van der Waals surface area contributed by atoms with Gasteiger partial charge in [-0.1, -0.05) is 6.92 Å². The fourth-order valence-electron chi connectivity index (χ4n) is 2.03. The van der Waals surface area contributed by atoms with Gasteiger partial charge in [0.15, 0.2) is 0 Å². The van der Waals surface area contributed by atoms with Crippen LogP contribution in [-0.4, -0.2) is 47.4 Å². The smallest absolute Gasteiger partial charge is 0.270 e. The van der Waals surface area contributed by atoms with Gasteiger partial charge in [0.05, 0.1) is 5.69 Å². The lowest BCUT2D eigenvalue weighted by atomic mass is 10.2. The lowest BCUT2D eigenvalue weighted by molar-refractivity contribution is 0.0944. The highest BCUT2D eigenvalue weighted by atomic mass is 79.9. The molecule has 0 aromatic carbocycles. The van der Waals surface area contributed by atoms with E-state index in [1.54, 1.807) is 0 Å². The number of carbonyl (C=O) groups is 1. The van der Waals surface area contributed by atoms with Crippen LogP contribution in [0.1, 0.15) is 23.1 Å². The molecule has 0 bridgehead atoms. The van der Waals surface area contributed by atoms with E-state index in [4.69, 9.17) is 0 Å². The fraction of sp³-hybridized carbons (Fsp3) is 0.429. The van der Waals surface area contributed by atoms with Crippen LogP contribution in [0.4, 0.5) is 0 Å². The predicted octanol–water partition coefficient (Wildman–Crippen LogP) is 1.95. The molecule has 0 aliphatic rings. The normalized spacial score (nSPS) is 11.2. The Hall–Kier alpha value is -1.40. The van der Waals surface area contributed by atoms with E-state index in [0.29, 0.717) is 12.2 Å². The van der Waals surface area contributed by atoms with Gasteiger partial charge in [0, 0.05) is 23.8 Å². The lowest BCUT2D eigenvalue weighted by Crippen LogP contribution is -2.32. The first-order valence-corrected chi connectivity index (χ1v) is 7.41. The number of hydrogen-bond donors (Lipinski definition) is 1. The van der Waals surface area contributed by atoms with Crippen molar-refractivity contribution in [2.24, 2.45) is 0 Å². The second kappa shape index (κ2) is 6.37. The molecule has 6 heteroatoms. The molecule has 0 saturated carbocycles. The number of nitrogens with one attached hydrogen (secondary N) is 1. The van der Waals surface area contributed by atoms with E-state index in [1.807, 2.05) is 48.6 Å². The Morgan fingerprint density at radius 1 is 1.45 bits per heavy atom. The predicted molar refractivity (Wildman–Crippen MR) is 83.2 cm³/mol. The summed E-state index contributed by atoms with van der Waals surface area (Å²) >= 11 is 3.43. The molecule has 0 radical (unpaired) electrons. The molecule has 0 unspecified atom stereocenters. The van der Waals surface area contributed by atoms with E-state index >= 15 is 0 Å². The lowest BCUT2D eigenvalue weighted by Gasteiger charge is -2.11. The molecule has 0 spiro atoms. The monoisotopic (exact) mass is 338 g/mol. The third-order valence-electron chi connectivity index (χ3n) is 3.05. The maximum atomic E-state index is 12.4. The van der Waals surface area contributed by atoms with Crippen LogP contribution < -0.4 is 5.32 Å². The quantitative estimate of drug-likeness (QED) is 0.906. The van der Waals surface area contributed by atoms with Crippen molar-refractivity contribution in [1.82, 2.24) is 19.6 Å². The topological polar surface area (TPSA) is 49.6 Å². The second-order valence-electron chi connectivity index (χ2n) is 4.90. The van der Waals surface area contributed by atoms with Gasteiger partial charge in [0.2, 0.25) is 0 Å². The Kier molecular flexibility index (Phi) is 4.77. The highest BCUT2D eigenvalue weighted by Crippen LogP contribution is 2.17. The maximum absolute atomic E-state index is 12.4. The van der Waals surface area contributed by atoms with Crippen molar-refractivity contribution >= 4 is 27.5 Å². The largest absolute Gasteiger partial charge is 0.349 e. The van der Waals surface area contributed by atoms with Gasteiger partial charge < -0.3 is 10.2 Å². The number of aromatic nitrogens is 2. The Bertz CT molecular complexity index is 621. The molecule has 108 valence electrons. The van der Waals surface area contributed by atoms with E-state index < -0.39 is 0 Å². The van der Waals surface area contributed by atoms with Crippen LogP contribution in [0.15, 0.2) is 22.8 Å². The standard InChI is InChI=1S/C14H19BrN4O/c1-4-11-13(14(20)16-7-8-18(2)3)19-9-10(15)5-6-12(19)17-11/h5-6,9H,4,7-8H2,1-3H3,(H,16,20). The molecule has 0 atom stereocenters. The van der Waals surface area contributed by atoms with Gasteiger partial charge in [-0.2, -0.15) is 0 Å². The van der Waals surface area contributed by atoms with E-state index in [0.717, 1.165) is 28.8 Å². The number of carbonyl (C=O) groups excluding carboxylic acids is 1. The summed E-state index contributed by atoms with van der Waals surface area (Å²) in [4.78, 5) is 18.9. The van der Waals surface area contributed by atoms with Crippen LogP contribution in [0.25, 0.3) is 5.65 Å². The van der Waals surface area contributed by atoms with E-state index in [1.165, 1.54) is 0 Å². The van der Waals surface area contributed by atoms with E-state index in [2.05, 4.69) is 26.2 Å². The molecule has 20 heavy (non-hydrogen) atoms. The summed E-state index contributed by atoms with van der Waals surface area (Å²) in [5.74, 6) is -0.0747. The van der Waals surface area contributed by atoms with Gasteiger partial charge in [0.1, 0.15) is 11.3 Å². The maximum Gasteiger partial charge on any atom is 0.270 e. The number of rotatable bonds is 5. The van der Waals surface area contributed by atoms with Crippen molar-refractivity contribution in [3.63, 3.8) is 0 Å². The zero-order chi connectivity index (χ0) is 14.7. The summed E-state index contributed by atoms with van der Waals surface area (Å²) in [7, 11) is 3.96. The molecule has 0 saturated heterocycles. The number of imidazole rings is 1. The molecule has 2 aromatic heterocycles. The molecule has 0 fully saturated rings. The minimum atomic E-state index is -0.0747. The Morgan fingerprint density at radius 2 is 2.20 bits per heavy atom. The molecule has 0 aliphatic heterocycles. The number of halogens is 1.